The zero-order valence-electron chi connectivity index (χ0n) is 44.0. The van der Waals surface area contributed by atoms with Gasteiger partial charge >= 0.3 is 0 Å². The average molecular weight is 1070 g/mol. The third-order valence-electron chi connectivity index (χ3n) is 12.8. The number of hydrogen-bond donors (Lipinski definition) is 17. The Labute approximate surface area is 443 Å². The molecule has 0 aromatic heterocycles. The predicted molar refractivity (Wildman–Crippen MR) is 278 cm³/mol. The number of carbonyl (C=O) groups excluding carboxylic acids is 10. The Hall–Kier alpha value is -6.36. The summed E-state index contributed by atoms with van der Waals surface area (Å²) in [7, 11) is 0. The van der Waals surface area contributed by atoms with Crippen LogP contribution in [0.1, 0.15) is 84.6 Å². The van der Waals surface area contributed by atoms with Gasteiger partial charge in [-0.05, 0) is 109 Å². The lowest BCUT2D eigenvalue weighted by Gasteiger charge is -2.29. The molecule has 0 saturated carbocycles. The highest BCUT2D eigenvalue weighted by molar-refractivity contribution is 5.99. The summed E-state index contributed by atoms with van der Waals surface area (Å²) in [6, 6.07) is -4.48. The van der Waals surface area contributed by atoms with E-state index < -0.39 is 145 Å². The Morgan fingerprint density at radius 3 is 1.66 bits per heavy atom. The Morgan fingerprint density at radius 1 is 0.618 bits per heavy atom. The Bertz CT molecular complexity index is 2100. The SMILES string of the molecule is CC(C)C[C@@H]1NC(=O)[C@@H](Cc2ccccc2)NC(=O)[C@H](CCN)NC(=O)[C@@H](NC(=O)[C@H](CCN)NC(=O)[C@@H](NC(=O)[C@H]2CCCNC2)C(C)O)CCNC(=O)[C@H](C(C)O)NC(=O)[C@H](CCN)NC(=O)[C@H](CCN)NC1=O. The molecule has 0 bridgehead atoms. The highest BCUT2D eigenvalue weighted by Gasteiger charge is 2.37. The summed E-state index contributed by atoms with van der Waals surface area (Å²) in [5, 5.41) is 50.1. The fraction of sp³-hybridized carbons (Fsp3) is 0.673. The van der Waals surface area contributed by atoms with Crippen molar-refractivity contribution in [1.29, 1.82) is 0 Å². The van der Waals surface area contributed by atoms with Gasteiger partial charge in [0.1, 0.15) is 54.4 Å². The number of aliphatic hydroxyl groups excluding tert-OH is 2. The molecule has 21 N–H and O–H groups in total. The molecule has 76 heavy (non-hydrogen) atoms. The van der Waals surface area contributed by atoms with Crippen LogP contribution in [0.15, 0.2) is 30.3 Å². The minimum atomic E-state index is -1.66. The number of hydrogen-bond acceptors (Lipinski definition) is 17. The lowest BCUT2D eigenvalue weighted by molar-refractivity contribution is -0.137. The van der Waals surface area contributed by atoms with E-state index in [9.17, 15) is 58.2 Å². The monoisotopic (exact) mass is 1070 g/mol. The number of nitrogens with one attached hydrogen (secondary N) is 11. The first kappa shape index (κ1) is 63.9. The van der Waals surface area contributed by atoms with E-state index in [0.717, 1.165) is 13.0 Å². The summed E-state index contributed by atoms with van der Waals surface area (Å²) in [5.41, 5.74) is 24.1. The van der Waals surface area contributed by atoms with Crippen LogP contribution in [0.2, 0.25) is 0 Å². The largest absolute Gasteiger partial charge is 0.391 e. The number of amides is 10. The van der Waals surface area contributed by atoms with Crippen LogP contribution in [0.3, 0.4) is 0 Å². The molecular weight excluding hydrogens is 991 g/mol. The lowest BCUT2D eigenvalue weighted by atomic mass is 9.98. The van der Waals surface area contributed by atoms with Crippen LogP contribution >= 0.6 is 0 Å². The Kier molecular flexibility index (Phi) is 27.7. The van der Waals surface area contributed by atoms with Crippen LogP contribution in [0.4, 0.5) is 0 Å². The number of piperidine rings is 1. The van der Waals surface area contributed by atoms with E-state index in [4.69, 9.17) is 22.9 Å². The molecule has 27 nitrogen and oxygen atoms in total. The summed E-state index contributed by atoms with van der Waals surface area (Å²) in [6.45, 7) is 6.17. The van der Waals surface area contributed by atoms with Crippen LogP contribution in [0.25, 0.3) is 0 Å². The third-order valence-corrected chi connectivity index (χ3v) is 12.8. The fourth-order valence-corrected chi connectivity index (χ4v) is 8.53. The van der Waals surface area contributed by atoms with Crippen molar-refractivity contribution in [3.05, 3.63) is 35.9 Å². The first-order valence-corrected chi connectivity index (χ1v) is 26.1. The van der Waals surface area contributed by atoms with E-state index in [0.29, 0.717) is 18.5 Å². The summed E-state index contributed by atoms with van der Waals surface area (Å²) >= 11 is 0. The van der Waals surface area contributed by atoms with Crippen molar-refractivity contribution >= 4 is 59.1 Å². The van der Waals surface area contributed by atoms with Crippen molar-refractivity contribution < 1.29 is 58.2 Å². The van der Waals surface area contributed by atoms with Gasteiger partial charge in [-0.1, -0.05) is 44.2 Å². The van der Waals surface area contributed by atoms with Gasteiger partial charge in [-0.3, -0.25) is 47.9 Å². The van der Waals surface area contributed by atoms with Crippen molar-refractivity contribution in [2.24, 2.45) is 34.8 Å². The topological polar surface area (TPSA) is 448 Å². The second-order valence-electron chi connectivity index (χ2n) is 19.6. The molecule has 2 aliphatic heterocycles. The Morgan fingerprint density at radius 2 is 1.14 bits per heavy atom. The molecule has 27 heteroatoms. The molecule has 426 valence electrons. The van der Waals surface area contributed by atoms with Gasteiger partial charge in [0.05, 0.1) is 18.1 Å². The molecule has 2 fully saturated rings. The highest BCUT2D eigenvalue weighted by Crippen LogP contribution is 2.13. The number of carbonyl (C=O) groups is 10. The van der Waals surface area contributed by atoms with E-state index in [1.54, 1.807) is 44.2 Å². The summed E-state index contributed by atoms with van der Waals surface area (Å²) in [5.74, 6) is -9.28. The fourth-order valence-electron chi connectivity index (χ4n) is 8.53. The van der Waals surface area contributed by atoms with Crippen molar-refractivity contribution in [3.63, 3.8) is 0 Å². The van der Waals surface area contributed by atoms with Gasteiger partial charge in [0.15, 0.2) is 0 Å². The van der Waals surface area contributed by atoms with E-state index in [1.165, 1.54) is 13.8 Å². The maximum atomic E-state index is 14.4. The molecule has 2 unspecified atom stereocenters. The molecule has 2 heterocycles. The standard InChI is InChI=1S/C49H83N15O12/c1-26(2)23-36-46(73)58-31(12-17-50)41(68)57-34(15-20-53)45(72)64-38(27(3)65)48(75)55-22-16-35(44(71)56-32(13-18-51)43(70)62-37(47(74)61-36)24-29-9-6-5-7-10-29)59-42(69)33(14-19-52)60-49(76)39(28(4)66)63-40(67)30-11-8-21-54-25-30/h5-7,9-10,26-28,30-39,54,65-66H,8,11-25,50-53H2,1-4H3,(H,55,75)(H,56,71)(H,57,68)(H,58,73)(H,59,69)(H,60,76)(H,61,74)(H,62,70)(H,63,67)(H,64,72)/t27?,28?,30-,31-,32-,33-,34-,35-,36-,37+,38-,39-/m0/s1. The van der Waals surface area contributed by atoms with Crippen LogP contribution in [-0.2, 0) is 54.4 Å². The predicted octanol–water partition coefficient (Wildman–Crippen LogP) is -6.69. The van der Waals surface area contributed by atoms with Gasteiger partial charge in [0, 0.05) is 19.5 Å². The zero-order chi connectivity index (χ0) is 56.5. The molecule has 10 amide bonds. The van der Waals surface area contributed by atoms with Crippen LogP contribution in [-0.4, -0.2) is 182 Å². The average Bonchev–Trinajstić information content (AvgIpc) is 3.37. The highest BCUT2D eigenvalue weighted by atomic mass is 16.3. The van der Waals surface area contributed by atoms with E-state index in [2.05, 4.69) is 58.5 Å². The van der Waals surface area contributed by atoms with Gasteiger partial charge in [-0.2, -0.15) is 0 Å². The van der Waals surface area contributed by atoms with Gasteiger partial charge in [-0.15, -0.1) is 0 Å². The summed E-state index contributed by atoms with van der Waals surface area (Å²) in [4.78, 5) is 139. The minimum absolute atomic E-state index is 0.0619. The second kappa shape index (κ2) is 32.9. The third kappa shape index (κ3) is 21.0. The van der Waals surface area contributed by atoms with E-state index in [-0.39, 0.29) is 70.6 Å². The zero-order valence-corrected chi connectivity index (χ0v) is 44.0. The second-order valence-corrected chi connectivity index (χ2v) is 19.6. The maximum absolute atomic E-state index is 14.4. The molecule has 0 aliphatic carbocycles. The maximum Gasteiger partial charge on any atom is 0.245 e. The Balaban J connectivity index is 2.10. The van der Waals surface area contributed by atoms with Crippen LogP contribution < -0.4 is 81.4 Å². The molecule has 2 aliphatic rings. The minimum Gasteiger partial charge on any atom is -0.391 e. The normalized spacial score (nSPS) is 25.6. The van der Waals surface area contributed by atoms with Crippen molar-refractivity contribution in [3.8, 4) is 0 Å². The van der Waals surface area contributed by atoms with Crippen LogP contribution in [0, 0.1) is 11.8 Å². The van der Waals surface area contributed by atoms with Gasteiger partial charge in [-0.25, -0.2) is 0 Å². The molecule has 0 spiro atoms. The molecule has 12 atom stereocenters. The quantitative estimate of drug-likeness (QED) is 0.0577. The van der Waals surface area contributed by atoms with E-state index >= 15 is 0 Å². The molecule has 2 saturated heterocycles. The van der Waals surface area contributed by atoms with Gasteiger partial charge in [0.25, 0.3) is 0 Å². The van der Waals surface area contributed by atoms with Crippen molar-refractivity contribution in [2.75, 3.05) is 45.8 Å². The molecule has 3 rings (SSSR count). The van der Waals surface area contributed by atoms with Gasteiger partial charge in [0.2, 0.25) is 59.1 Å². The lowest BCUT2D eigenvalue weighted by Crippen LogP contribution is -2.61. The number of nitrogens with two attached hydrogens (primary N) is 4. The first-order valence-electron chi connectivity index (χ1n) is 26.1. The number of benzene rings is 1. The number of aliphatic hydroxyl groups is 2. The smallest absolute Gasteiger partial charge is 0.245 e. The first-order chi connectivity index (χ1) is 36.1. The van der Waals surface area contributed by atoms with Gasteiger partial charge < -0.3 is 91.6 Å². The number of rotatable bonds is 20. The van der Waals surface area contributed by atoms with E-state index in [1.807, 2.05) is 0 Å². The summed E-state index contributed by atoms with van der Waals surface area (Å²) in [6.07, 6.45) is -2.81. The molecule has 1 aromatic carbocycles. The summed E-state index contributed by atoms with van der Waals surface area (Å²) < 4.78 is 0. The van der Waals surface area contributed by atoms with Crippen LogP contribution in [0.5, 0.6) is 0 Å². The molecular formula is C49H83N15O12. The molecule has 1 aromatic rings. The van der Waals surface area contributed by atoms with Crippen molar-refractivity contribution in [1.82, 2.24) is 58.5 Å². The molecule has 0 radical (unpaired) electrons. The van der Waals surface area contributed by atoms with Crippen molar-refractivity contribution in [2.45, 2.75) is 152 Å².